The Hall–Kier alpha value is -1.82. The van der Waals surface area contributed by atoms with Crippen LogP contribution in [0.25, 0.3) is 0 Å². The monoisotopic (exact) mass is 228 g/mol. The van der Waals surface area contributed by atoms with E-state index in [0.29, 0.717) is 18.8 Å². The number of carbonyl (C=O) groups is 1. The normalized spacial score (nSPS) is 17.8. The van der Waals surface area contributed by atoms with Gasteiger partial charge in [-0.25, -0.2) is 4.98 Å². The van der Waals surface area contributed by atoms with Gasteiger partial charge in [0.2, 0.25) is 5.91 Å². The highest BCUT2D eigenvalue weighted by molar-refractivity contribution is 5.96. The van der Waals surface area contributed by atoms with E-state index < -0.39 is 0 Å². The number of amides is 1. The summed E-state index contributed by atoms with van der Waals surface area (Å²) < 4.78 is 0. The zero-order valence-corrected chi connectivity index (χ0v) is 10.4. The van der Waals surface area contributed by atoms with Crippen LogP contribution in [-0.2, 0) is 4.79 Å². The minimum Gasteiger partial charge on any atom is -0.295 e. The zero-order chi connectivity index (χ0) is 12.5. The lowest BCUT2D eigenvalue weighted by Crippen LogP contribution is -2.27. The molecule has 1 aliphatic heterocycles. The molecule has 1 aliphatic rings. The maximum Gasteiger partial charge on any atom is 0.228 e. The number of anilines is 1. The quantitative estimate of drug-likeness (QED) is 0.690. The third kappa shape index (κ3) is 2.31. The molecule has 3 heteroatoms. The van der Waals surface area contributed by atoms with Crippen molar-refractivity contribution in [2.75, 3.05) is 11.4 Å². The smallest absolute Gasteiger partial charge is 0.228 e. The Labute approximate surface area is 102 Å². The highest BCUT2D eigenvalue weighted by atomic mass is 16.2. The zero-order valence-electron chi connectivity index (χ0n) is 10.4. The number of nitrogens with zero attached hydrogens (tertiary/aromatic N) is 2. The van der Waals surface area contributed by atoms with E-state index in [2.05, 4.69) is 30.7 Å². The summed E-state index contributed by atoms with van der Waals surface area (Å²) in [5.41, 5.74) is 0.840. The van der Waals surface area contributed by atoms with Gasteiger partial charge in [-0.15, -0.1) is 5.92 Å². The molecule has 1 aromatic heterocycles. The van der Waals surface area contributed by atoms with Crippen LogP contribution in [0.15, 0.2) is 18.3 Å². The Kier molecular flexibility index (Phi) is 2.89. The van der Waals surface area contributed by atoms with Crippen molar-refractivity contribution >= 4 is 11.7 Å². The van der Waals surface area contributed by atoms with Crippen LogP contribution >= 0.6 is 0 Å². The second kappa shape index (κ2) is 4.21. The average Bonchev–Trinajstić information content (AvgIpc) is 2.53. The number of carbonyl (C=O) groups excluding carboxylic acids is 1. The maximum absolute atomic E-state index is 12.0. The summed E-state index contributed by atoms with van der Waals surface area (Å²) in [6, 6.07) is 3.74. The molecule has 1 saturated heterocycles. The Morgan fingerprint density at radius 3 is 2.82 bits per heavy atom. The van der Waals surface area contributed by atoms with Crippen LogP contribution in [0.2, 0.25) is 0 Å². The van der Waals surface area contributed by atoms with E-state index >= 15 is 0 Å². The molecule has 0 aliphatic carbocycles. The number of hydrogen-bond acceptors (Lipinski definition) is 2. The second-order valence-electron chi connectivity index (χ2n) is 5.07. The first kappa shape index (κ1) is 11.7. The molecule has 88 valence electrons. The molecule has 17 heavy (non-hydrogen) atoms. The van der Waals surface area contributed by atoms with Crippen LogP contribution < -0.4 is 4.90 Å². The van der Waals surface area contributed by atoms with Crippen LogP contribution in [0.1, 0.15) is 32.8 Å². The fraction of sp³-hybridized carbons (Fsp3) is 0.429. The summed E-state index contributed by atoms with van der Waals surface area (Å²) in [5, 5.41) is 0. The van der Waals surface area contributed by atoms with Gasteiger partial charge in [0.15, 0.2) is 5.82 Å². The summed E-state index contributed by atoms with van der Waals surface area (Å²) in [5.74, 6) is 6.67. The standard InChI is InChI=1S/C14H16N2O/c1-4-6-11-7-5-8-15-13(11)16-10-14(2,3)9-12(16)17/h5,7-8H,9-10H2,1-3H3. The molecule has 0 atom stereocenters. The maximum atomic E-state index is 12.0. The Morgan fingerprint density at radius 2 is 2.24 bits per heavy atom. The molecular weight excluding hydrogens is 212 g/mol. The Morgan fingerprint density at radius 1 is 1.47 bits per heavy atom. The fourth-order valence-corrected chi connectivity index (χ4v) is 2.11. The highest BCUT2D eigenvalue weighted by Crippen LogP contribution is 2.33. The summed E-state index contributed by atoms with van der Waals surface area (Å²) in [4.78, 5) is 18.0. The van der Waals surface area contributed by atoms with E-state index in [1.807, 2.05) is 12.1 Å². The predicted molar refractivity (Wildman–Crippen MR) is 67.5 cm³/mol. The molecular formula is C14H16N2O. The molecule has 0 aromatic carbocycles. The van der Waals surface area contributed by atoms with Crippen LogP contribution in [0.5, 0.6) is 0 Å². The summed E-state index contributed by atoms with van der Waals surface area (Å²) in [7, 11) is 0. The van der Waals surface area contributed by atoms with Crippen molar-refractivity contribution in [1.82, 2.24) is 4.98 Å². The molecule has 3 nitrogen and oxygen atoms in total. The van der Waals surface area contributed by atoms with Gasteiger partial charge in [0.25, 0.3) is 0 Å². The number of rotatable bonds is 1. The molecule has 0 unspecified atom stereocenters. The van der Waals surface area contributed by atoms with Gasteiger partial charge < -0.3 is 0 Å². The van der Waals surface area contributed by atoms with Crippen LogP contribution in [0, 0.1) is 17.3 Å². The Bertz CT molecular complexity index is 508. The number of aromatic nitrogens is 1. The highest BCUT2D eigenvalue weighted by Gasteiger charge is 2.37. The van der Waals surface area contributed by atoms with Crippen molar-refractivity contribution in [1.29, 1.82) is 0 Å². The SMILES string of the molecule is CC#Cc1cccnc1N1CC(C)(C)CC1=O. The number of pyridine rings is 1. The topological polar surface area (TPSA) is 33.2 Å². The van der Waals surface area contributed by atoms with Gasteiger partial charge in [-0.2, -0.15) is 0 Å². The van der Waals surface area contributed by atoms with E-state index in [1.54, 1.807) is 18.0 Å². The minimum absolute atomic E-state index is 0.0194. The van der Waals surface area contributed by atoms with E-state index in [-0.39, 0.29) is 11.3 Å². The van der Waals surface area contributed by atoms with Gasteiger partial charge in [0, 0.05) is 19.2 Å². The number of hydrogen-bond donors (Lipinski definition) is 0. The average molecular weight is 228 g/mol. The lowest BCUT2D eigenvalue weighted by molar-refractivity contribution is -0.117. The van der Waals surface area contributed by atoms with E-state index in [0.717, 1.165) is 5.56 Å². The van der Waals surface area contributed by atoms with Gasteiger partial charge in [0.05, 0.1) is 5.56 Å². The molecule has 2 heterocycles. The largest absolute Gasteiger partial charge is 0.295 e. The molecule has 0 radical (unpaired) electrons. The first-order valence-corrected chi connectivity index (χ1v) is 5.72. The van der Waals surface area contributed by atoms with Crippen LogP contribution in [-0.4, -0.2) is 17.4 Å². The third-order valence-electron chi connectivity index (χ3n) is 2.82. The molecule has 0 spiro atoms. The van der Waals surface area contributed by atoms with Crippen molar-refractivity contribution in [3.05, 3.63) is 23.9 Å². The van der Waals surface area contributed by atoms with Gasteiger partial charge >= 0.3 is 0 Å². The minimum atomic E-state index is 0.0194. The Balaban J connectivity index is 2.40. The third-order valence-corrected chi connectivity index (χ3v) is 2.82. The van der Waals surface area contributed by atoms with Gasteiger partial charge in [-0.05, 0) is 24.5 Å². The van der Waals surface area contributed by atoms with E-state index in [1.165, 1.54) is 0 Å². The first-order valence-electron chi connectivity index (χ1n) is 5.72. The van der Waals surface area contributed by atoms with Gasteiger partial charge in [-0.3, -0.25) is 9.69 Å². The summed E-state index contributed by atoms with van der Waals surface area (Å²) >= 11 is 0. The molecule has 1 amide bonds. The van der Waals surface area contributed by atoms with Crippen LogP contribution in [0.4, 0.5) is 5.82 Å². The summed E-state index contributed by atoms with van der Waals surface area (Å²) in [6.45, 7) is 6.69. The van der Waals surface area contributed by atoms with Gasteiger partial charge in [0.1, 0.15) is 0 Å². The lowest BCUT2D eigenvalue weighted by atomic mass is 9.93. The molecule has 2 rings (SSSR count). The predicted octanol–water partition coefficient (Wildman–Crippen LogP) is 2.22. The summed E-state index contributed by atoms with van der Waals surface area (Å²) in [6.07, 6.45) is 2.28. The van der Waals surface area contributed by atoms with E-state index in [9.17, 15) is 4.79 Å². The van der Waals surface area contributed by atoms with Gasteiger partial charge in [-0.1, -0.05) is 19.8 Å². The van der Waals surface area contributed by atoms with Crippen molar-refractivity contribution < 1.29 is 4.79 Å². The van der Waals surface area contributed by atoms with Crippen molar-refractivity contribution in [2.24, 2.45) is 5.41 Å². The molecule has 0 bridgehead atoms. The molecule has 1 aromatic rings. The van der Waals surface area contributed by atoms with E-state index in [4.69, 9.17) is 0 Å². The van der Waals surface area contributed by atoms with Crippen molar-refractivity contribution in [3.8, 4) is 11.8 Å². The van der Waals surface area contributed by atoms with Crippen molar-refractivity contribution in [3.63, 3.8) is 0 Å². The first-order chi connectivity index (χ1) is 8.03. The fourth-order valence-electron chi connectivity index (χ4n) is 2.11. The molecule has 1 fully saturated rings. The second-order valence-corrected chi connectivity index (χ2v) is 5.07. The molecule has 0 saturated carbocycles. The molecule has 0 N–H and O–H groups in total. The lowest BCUT2D eigenvalue weighted by Gasteiger charge is -2.19. The van der Waals surface area contributed by atoms with Crippen molar-refractivity contribution in [2.45, 2.75) is 27.2 Å². The van der Waals surface area contributed by atoms with Crippen LogP contribution in [0.3, 0.4) is 0 Å².